The maximum Gasteiger partial charge on any atom is 0.315 e. The number of rotatable bonds is 9. The summed E-state index contributed by atoms with van der Waals surface area (Å²) in [5.74, 6) is -0.148. The van der Waals surface area contributed by atoms with Gasteiger partial charge in [-0.05, 0) is 23.6 Å². The summed E-state index contributed by atoms with van der Waals surface area (Å²) in [6, 6.07) is 19.3. The molecule has 1 aliphatic rings. The van der Waals surface area contributed by atoms with Gasteiger partial charge >= 0.3 is 6.03 Å². The summed E-state index contributed by atoms with van der Waals surface area (Å²) < 4.78 is 0. The molecule has 0 bridgehead atoms. The van der Waals surface area contributed by atoms with E-state index in [4.69, 9.17) is 0 Å². The first-order valence-corrected chi connectivity index (χ1v) is 11.4. The number of amides is 3. The highest BCUT2D eigenvalue weighted by atomic mass is 16.2. The first-order valence-electron chi connectivity index (χ1n) is 11.4. The van der Waals surface area contributed by atoms with Crippen molar-refractivity contribution >= 4 is 17.6 Å². The van der Waals surface area contributed by atoms with E-state index in [-0.39, 0.29) is 17.9 Å². The molecule has 0 spiro atoms. The summed E-state index contributed by atoms with van der Waals surface area (Å²) in [5, 5.41) is 8.63. The number of hydrogen-bond acceptors (Lipinski definition) is 4. The molecule has 1 aliphatic heterocycles. The van der Waals surface area contributed by atoms with Crippen LogP contribution in [0.2, 0.25) is 0 Å². The summed E-state index contributed by atoms with van der Waals surface area (Å²) in [5.41, 5.74) is 2.28. The Hall–Kier alpha value is -3.06. The number of nitrogens with zero attached hydrogens (tertiary/aromatic N) is 2. The highest BCUT2D eigenvalue weighted by molar-refractivity contribution is 5.87. The summed E-state index contributed by atoms with van der Waals surface area (Å²) >= 11 is 0. The van der Waals surface area contributed by atoms with Gasteiger partial charge in [-0.25, -0.2) is 4.79 Å². The highest BCUT2D eigenvalue weighted by Gasteiger charge is 2.24. The second-order valence-electron chi connectivity index (χ2n) is 8.49. The normalized spacial score (nSPS) is 15.3. The zero-order valence-corrected chi connectivity index (χ0v) is 19.1. The molecule has 0 aromatic heterocycles. The standard InChI is InChI=1S/C25H35N5O2/c1-20(2)23(28-25(32)27-19-21-9-5-3-6-10-21)24(31)26-13-14-29-15-17-30(18-16-29)22-11-7-4-8-12-22/h3-12,20,23H,13-19H2,1-2H3,(H,26,31)(H2,27,28,32). The van der Waals surface area contributed by atoms with Crippen molar-refractivity contribution in [1.29, 1.82) is 0 Å². The number of anilines is 1. The summed E-state index contributed by atoms with van der Waals surface area (Å²) in [6.07, 6.45) is 0. The molecule has 1 saturated heterocycles. The number of carbonyl (C=O) groups is 2. The Morgan fingerprint density at radius 2 is 1.50 bits per heavy atom. The molecule has 32 heavy (non-hydrogen) atoms. The van der Waals surface area contributed by atoms with Crippen LogP contribution in [0.4, 0.5) is 10.5 Å². The topological polar surface area (TPSA) is 76.7 Å². The minimum absolute atomic E-state index is 0.00751. The molecule has 1 heterocycles. The van der Waals surface area contributed by atoms with Crippen LogP contribution in [0.5, 0.6) is 0 Å². The first-order chi connectivity index (χ1) is 15.5. The van der Waals surface area contributed by atoms with Crippen molar-refractivity contribution < 1.29 is 9.59 Å². The molecular formula is C25H35N5O2. The molecule has 3 N–H and O–H groups in total. The Bertz CT molecular complexity index is 836. The van der Waals surface area contributed by atoms with E-state index in [1.165, 1.54) is 5.69 Å². The largest absolute Gasteiger partial charge is 0.369 e. The van der Waals surface area contributed by atoms with Gasteiger partial charge in [-0.1, -0.05) is 62.4 Å². The molecule has 1 unspecified atom stereocenters. The zero-order valence-electron chi connectivity index (χ0n) is 19.1. The SMILES string of the molecule is CC(C)C(NC(=O)NCc1ccccc1)C(=O)NCCN1CCN(c2ccccc2)CC1. The van der Waals surface area contributed by atoms with Crippen molar-refractivity contribution in [1.82, 2.24) is 20.9 Å². The number of benzene rings is 2. The van der Waals surface area contributed by atoms with Crippen molar-refractivity contribution in [3.05, 3.63) is 66.2 Å². The third-order valence-corrected chi connectivity index (χ3v) is 5.75. The third kappa shape index (κ3) is 7.27. The number of urea groups is 1. The molecule has 3 rings (SSSR count). The second kappa shape index (κ2) is 12.1. The van der Waals surface area contributed by atoms with Gasteiger partial charge in [0.2, 0.25) is 5.91 Å². The van der Waals surface area contributed by atoms with Crippen molar-refractivity contribution in [3.63, 3.8) is 0 Å². The average Bonchev–Trinajstić information content (AvgIpc) is 2.82. The second-order valence-corrected chi connectivity index (χ2v) is 8.49. The fourth-order valence-electron chi connectivity index (χ4n) is 3.82. The van der Waals surface area contributed by atoms with Crippen LogP contribution in [0, 0.1) is 5.92 Å². The van der Waals surface area contributed by atoms with Crippen LogP contribution in [0.1, 0.15) is 19.4 Å². The minimum Gasteiger partial charge on any atom is -0.369 e. The highest BCUT2D eigenvalue weighted by Crippen LogP contribution is 2.15. The van der Waals surface area contributed by atoms with Crippen LogP contribution in [0.25, 0.3) is 0 Å². The van der Waals surface area contributed by atoms with Crippen LogP contribution < -0.4 is 20.9 Å². The molecule has 0 radical (unpaired) electrons. The van der Waals surface area contributed by atoms with Crippen molar-refractivity contribution in [2.75, 3.05) is 44.2 Å². The van der Waals surface area contributed by atoms with E-state index in [1.54, 1.807) is 0 Å². The monoisotopic (exact) mass is 437 g/mol. The van der Waals surface area contributed by atoms with Crippen LogP contribution in [0.15, 0.2) is 60.7 Å². The number of carbonyl (C=O) groups excluding carboxylic acids is 2. The molecule has 172 valence electrons. The van der Waals surface area contributed by atoms with Gasteiger partial charge < -0.3 is 20.9 Å². The lowest BCUT2D eigenvalue weighted by atomic mass is 10.0. The Kier molecular flexibility index (Phi) is 8.92. The fourth-order valence-corrected chi connectivity index (χ4v) is 3.82. The van der Waals surface area contributed by atoms with Crippen molar-refractivity contribution in [2.45, 2.75) is 26.4 Å². The first kappa shape index (κ1) is 23.6. The molecular weight excluding hydrogens is 402 g/mol. The number of piperazine rings is 1. The lowest BCUT2D eigenvalue weighted by molar-refractivity contribution is -0.123. The van der Waals surface area contributed by atoms with Crippen LogP contribution in [-0.4, -0.2) is 62.1 Å². The Morgan fingerprint density at radius 1 is 0.875 bits per heavy atom. The van der Waals surface area contributed by atoms with E-state index in [0.29, 0.717) is 13.1 Å². The van der Waals surface area contributed by atoms with E-state index >= 15 is 0 Å². The van der Waals surface area contributed by atoms with Crippen LogP contribution in [-0.2, 0) is 11.3 Å². The van der Waals surface area contributed by atoms with Gasteiger partial charge in [0, 0.05) is 51.5 Å². The Morgan fingerprint density at radius 3 is 2.12 bits per heavy atom. The Labute approximate surface area is 191 Å². The van der Waals surface area contributed by atoms with E-state index in [9.17, 15) is 9.59 Å². The van der Waals surface area contributed by atoms with Gasteiger partial charge in [0.1, 0.15) is 6.04 Å². The minimum atomic E-state index is -0.569. The zero-order chi connectivity index (χ0) is 22.8. The van der Waals surface area contributed by atoms with Crippen LogP contribution in [0.3, 0.4) is 0 Å². The summed E-state index contributed by atoms with van der Waals surface area (Å²) in [4.78, 5) is 29.7. The molecule has 7 heteroatoms. The summed E-state index contributed by atoms with van der Waals surface area (Å²) in [7, 11) is 0. The molecule has 0 aliphatic carbocycles. The quantitative estimate of drug-likeness (QED) is 0.563. The smallest absolute Gasteiger partial charge is 0.315 e. The average molecular weight is 438 g/mol. The van der Waals surface area contributed by atoms with Gasteiger partial charge in [-0.2, -0.15) is 0 Å². The molecule has 1 atom stereocenters. The summed E-state index contributed by atoms with van der Waals surface area (Å²) in [6.45, 7) is 9.58. The van der Waals surface area contributed by atoms with Crippen molar-refractivity contribution in [3.8, 4) is 0 Å². The van der Waals surface area contributed by atoms with Gasteiger partial charge in [-0.15, -0.1) is 0 Å². The predicted molar refractivity (Wildman–Crippen MR) is 129 cm³/mol. The van der Waals surface area contributed by atoms with Gasteiger partial charge in [0.15, 0.2) is 0 Å². The maximum absolute atomic E-state index is 12.7. The maximum atomic E-state index is 12.7. The van der Waals surface area contributed by atoms with E-state index < -0.39 is 6.04 Å². The molecule has 3 amide bonds. The predicted octanol–water partition coefficient (Wildman–Crippen LogP) is 2.45. The fraction of sp³-hybridized carbons (Fsp3) is 0.440. The number of para-hydroxylation sites is 1. The molecule has 7 nitrogen and oxygen atoms in total. The van der Waals surface area contributed by atoms with E-state index in [0.717, 1.165) is 38.3 Å². The number of nitrogens with one attached hydrogen (secondary N) is 3. The van der Waals surface area contributed by atoms with Gasteiger partial charge in [-0.3, -0.25) is 9.69 Å². The molecule has 0 saturated carbocycles. The van der Waals surface area contributed by atoms with E-state index in [2.05, 4.69) is 50.0 Å². The van der Waals surface area contributed by atoms with Gasteiger partial charge in [0.25, 0.3) is 0 Å². The Balaban J connectivity index is 1.37. The lowest BCUT2D eigenvalue weighted by Crippen LogP contribution is -2.54. The molecule has 2 aromatic carbocycles. The van der Waals surface area contributed by atoms with Crippen molar-refractivity contribution in [2.24, 2.45) is 5.92 Å². The molecule has 2 aromatic rings. The molecule has 1 fully saturated rings. The number of hydrogen-bond donors (Lipinski definition) is 3. The van der Waals surface area contributed by atoms with Crippen LogP contribution >= 0.6 is 0 Å². The lowest BCUT2D eigenvalue weighted by Gasteiger charge is -2.36. The van der Waals surface area contributed by atoms with Gasteiger partial charge in [0.05, 0.1) is 0 Å². The third-order valence-electron chi connectivity index (χ3n) is 5.75. The van der Waals surface area contributed by atoms with E-state index in [1.807, 2.05) is 50.2 Å².